The molecule has 0 radical (unpaired) electrons. The maximum atomic E-state index is 13.4. The van der Waals surface area contributed by atoms with Crippen molar-refractivity contribution in [3.63, 3.8) is 0 Å². The second kappa shape index (κ2) is 9.70. The van der Waals surface area contributed by atoms with Crippen molar-refractivity contribution in [2.24, 2.45) is 0 Å². The van der Waals surface area contributed by atoms with Crippen molar-refractivity contribution in [2.75, 3.05) is 16.8 Å². The highest BCUT2D eigenvalue weighted by Gasteiger charge is 2.32. The van der Waals surface area contributed by atoms with Crippen LogP contribution in [0.3, 0.4) is 0 Å². The van der Waals surface area contributed by atoms with Gasteiger partial charge < -0.3 is 10.2 Å². The number of pyridine rings is 1. The molecule has 1 aromatic heterocycles. The van der Waals surface area contributed by atoms with Crippen LogP contribution in [0.25, 0.3) is 17.2 Å². The van der Waals surface area contributed by atoms with E-state index in [4.69, 9.17) is 0 Å². The van der Waals surface area contributed by atoms with Gasteiger partial charge in [-0.05, 0) is 71.7 Å². The molecule has 1 amide bonds. The number of carbonyl (C=O) groups is 1. The van der Waals surface area contributed by atoms with Crippen LogP contribution in [0.2, 0.25) is 0 Å². The number of alkyl halides is 3. The number of rotatable bonds is 5. The van der Waals surface area contributed by atoms with E-state index in [0.717, 1.165) is 42.0 Å². The molecule has 0 bridgehead atoms. The Bertz CT molecular complexity index is 1420. The van der Waals surface area contributed by atoms with E-state index in [0.29, 0.717) is 16.8 Å². The molecule has 1 N–H and O–H groups in total. The lowest BCUT2D eigenvalue weighted by Gasteiger charge is -2.16. The third-order valence-corrected chi connectivity index (χ3v) is 6.06. The normalized spacial score (nSPS) is 13.1. The Morgan fingerprint density at radius 2 is 1.75 bits per heavy atom. The highest BCUT2D eigenvalue weighted by atomic mass is 19.4. The lowest BCUT2D eigenvalue weighted by molar-refractivity contribution is -0.137. The summed E-state index contributed by atoms with van der Waals surface area (Å²) in [4.78, 5) is 19.6. The largest absolute Gasteiger partial charge is 0.416 e. The maximum Gasteiger partial charge on any atom is 0.416 e. The first-order chi connectivity index (χ1) is 17.4. The zero-order valence-electron chi connectivity index (χ0n) is 19.2. The Balaban J connectivity index is 1.40. The molecule has 3 aromatic carbocycles. The average Bonchev–Trinajstić information content (AvgIpc) is 3.30. The number of nitrogens with one attached hydrogen (secondary N) is 1. The van der Waals surface area contributed by atoms with E-state index in [1.807, 2.05) is 48.7 Å². The highest BCUT2D eigenvalue weighted by Crippen LogP contribution is 2.35. The monoisotopic (exact) mass is 485 g/mol. The first-order valence-corrected chi connectivity index (χ1v) is 11.5. The molecule has 7 heteroatoms. The molecule has 180 valence electrons. The summed E-state index contributed by atoms with van der Waals surface area (Å²) < 4.78 is 40.2. The summed E-state index contributed by atoms with van der Waals surface area (Å²) in [5.74, 6) is -0.593. The molecule has 4 aromatic rings. The second-order valence-electron chi connectivity index (χ2n) is 8.44. The molecule has 4 nitrogen and oxygen atoms in total. The van der Waals surface area contributed by atoms with Crippen LogP contribution in [0.1, 0.15) is 27.2 Å². The molecule has 1 aliphatic rings. The summed E-state index contributed by atoms with van der Waals surface area (Å²) >= 11 is 0. The Hall–Kier alpha value is -4.39. The summed E-state index contributed by atoms with van der Waals surface area (Å²) in [5, 5.41) is 2.80. The van der Waals surface area contributed by atoms with E-state index in [9.17, 15) is 18.0 Å². The highest BCUT2D eigenvalue weighted by molar-refractivity contribution is 6.09. The van der Waals surface area contributed by atoms with Gasteiger partial charge in [-0.2, -0.15) is 13.2 Å². The van der Waals surface area contributed by atoms with Crippen LogP contribution >= 0.6 is 0 Å². The van der Waals surface area contributed by atoms with Crippen LogP contribution in [-0.4, -0.2) is 17.4 Å². The summed E-state index contributed by atoms with van der Waals surface area (Å²) in [6.07, 6.45) is 1.87. The molecular formula is C29H22F3N3O. The van der Waals surface area contributed by atoms with E-state index >= 15 is 0 Å². The number of aromatic nitrogens is 1. The molecule has 0 atom stereocenters. The predicted octanol–water partition coefficient (Wildman–Crippen LogP) is 7.05. The van der Waals surface area contributed by atoms with Crippen LogP contribution in [0.5, 0.6) is 0 Å². The standard InChI is InChI=1S/C29H22F3N3O/c30-29(31,32)22-9-11-25(20-6-2-1-3-7-20)26(19-22)28(36)34-24-10-12-27-21(18-24)13-16-35(27)17-14-23-8-4-5-15-33-23/h1-12,14-15,17-19H,13,16H2,(H,34,36)/b17-14+. The molecule has 0 spiro atoms. The topological polar surface area (TPSA) is 45.2 Å². The number of amides is 1. The fourth-order valence-corrected chi connectivity index (χ4v) is 4.28. The van der Waals surface area contributed by atoms with Gasteiger partial charge in [-0.1, -0.05) is 42.5 Å². The summed E-state index contributed by atoms with van der Waals surface area (Å²) in [6, 6.07) is 23.4. The van der Waals surface area contributed by atoms with Crippen LogP contribution in [0.4, 0.5) is 24.5 Å². The van der Waals surface area contributed by atoms with E-state index in [2.05, 4.69) is 15.2 Å². The van der Waals surface area contributed by atoms with Crippen LogP contribution in [-0.2, 0) is 12.6 Å². The van der Waals surface area contributed by atoms with Gasteiger partial charge in [0.1, 0.15) is 0 Å². The molecule has 0 saturated heterocycles. The molecule has 0 aliphatic carbocycles. The van der Waals surface area contributed by atoms with Gasteiger partial charge in [0.05, 0.1) is 11.3 Å². The van der Waals surface area contributed by atoms with Gasteiger partial charge in [0.2, 0.25) is 0 Å². The van der Waals surface area contributed by atoms with Gasteiger partial charge in [0.15, 0.2) is 0 Å². The van der Waals surface area contributed by atoms with Gasteiger partial charge in [-0.3, -0.25) is 9.78 Å². The third-order valence-electron chi connectivity index (χ3n) is 6.06. The van der Waals surface area contributed by atoms with Crippen molar-refractivity contribution in [2.45, 2.75) is 12.6 Å². The quantitative estimate of drug-likeness (QED) is 0.329. The molecule has 0 unspecified atom stereocenters. The molecular weight excluding hydrogens is 463 g/mol. The minimum absolute atomic E-state index is 0.0311. The zero-order valence-corrected chi connectivity index (χ0v) is 19.2. The number of carbonyl (C=O) groups excluding carboxylic acids is 1. The van der Waals surface area contributed by atoms with Crippen LogP contribution in [0.15, 0.2) is 97.3 Å². The van der Waals surface area contributed by atoms with Gasteiger partial charge in [0, 0.05) is 35.9 Å². The number of halogens is 3. The zero-order chi connectivity index (χ0) is 25.1. The average molecular weight is 486 g/mol. The van der Waals surface area contributed by atoms with Crippen molar-refractivity contribution in [3.05, 3.63) is 120 Å². The number of hydrogen-bond donors (Lipinski definition) is 1. The minimum Gasteiger partial charge on any atom is -0.347 e. The van der Waals surface area contributed by atoms with Crippen molar-refractivity contribution in [1.29, 1.82) is 0 Å². The molecule has 0 saturated carbocycles. The molecule has 36 heavy (non-hydrogen) atoms. The van der Waals surface area contributed by atoms with E-state index in [1.54, 1.807) is 36.5 Å². The summed E-state index contributed by atoms with van der Waals surface area (Å²) in [5.41, 5.74) is 3.66. The Labute approximate surface area is 206 Å². The number of anilines is 2. The minimum atomic E-state index is -4.55. The number of fused-ring (bicyclic) bond motifs is 1. The van der Waals surface area contributed by atoms with E-state index in [-0.39, 0.29) is 5.56 Å². The molecule has 0 fully saturated rings. The first-order valence-electron chi connectivity index (χ1n) is 11.5. The predicted molar refractivity (Wildman–Crippen MR) is 136 cm³/mol. The SMILES string of the molecule is O=C(Nc1ccc2c(c1)CCN2/C=C/c1ccccn1)c1cc(C(F)(F)F)ccc1-c1ccccc1. The Kier molecular flexibility index (Phi) is 6.29. The second-order valence-corrected chi connectivity index (χ2v) is 8.44. The Morgan fingerprint density at radius 3 is 2.50 bits per heavy atom. The van der Waals surface area contributed by atoms with Gasteiger partial charge in [-0.15, -0.1) is 0 Å². The lowest BCUT2D eigenvalue weighted by atomic mass is 9.96. The molecule has 2 heterocycles. The van der Waals surface area contributed by atoms with Crippen molar-refractivity contribution in [3.8, 4) is 11.1 Å². The summed E-state index contributed by atoms with van der Waals surface area (Å²) in [7, 11) is 0. The summed E-state index contributed by atoms with van der Waals surface area (Å²) in [6.45, 7) is 0.780. The fraction of sp³-hybridized carbons (Fsp3) is 0.103. The Morgan fingerprint density at radius 1 is 0.944 bits per heavy atom. The maximum absolute atomic E-state index is 13.4. The van der Waals surface area contributed by atoms with Crippen LogP contribution < -0.4 is 10.2 Å². The van der Waals surface area contributed by atoms with Gasteiger partial charge >= 0.3 is 6.18 Å². The smallest absolute Gasteiger partial charge is 0.347 e. The number of benzene rings is 3. The van der Waals surface area contributed by atoms with Gasteiger partial charge in [-0.25, -0.2) is 0 Å². The van der Waals surface area contributed by atoms with Crippen molar-refractivity contribution < 1.29 is 18.0 Å². The van der Waals surface area contributed by atoms with E-state index in [1.165, 1.54) is 6.07 Å². The molecule has 5 rings (SSSR count). The van der Waals surface area contributed by atoms with Crippen molar-refractivity contribution in [1.82, 2.24) is 4.98 Å². The number of hydrogen-bond acceptors (Lipinski definition) is 3. The first kappa shape index (κ1) is 23.4. The van der Waals surface area contributed by atoms with E-state index < -0.39 is 17.6 Å². The van der Waals surface area contributed by atoms with Crippen molar-refractivity contribution >= 4 is 23.4 Å². The fourth-order valence-electron chi connectivity index (χ4n) is 4.28. The van der Waals surface area contributed by atoms with Gasteiger partial charge in [0.25, 0.3) is 5.91 Å². The third kappa shape index (κ3) is 5.00. The lowest BCUT2D eigenvalue weighted by Crippen LogP contribution is -2.15. The number of nitrogens with zero attached hydrogens (tertiary/aromatic N) is 2. The van der Waals surface area contributed by atoms with Crippen LogP contribution in [0, 0.1) is 0 Å². The molecule has 1 aliphatic heterocycles.